The fraction of sp³-hybridized carbons (Fsp3) is 0.900. The first kappa shape index (κ1) is 10.5. The van der Waals surface area contributed by atoms with Gasteiger partial charge < -0.3 is 9.47 Å². The lowest BCUT2D eigenvalue weighted by Gasteiger charge is -2.27. The van der Waals surface area contributed by atoms with Gasteiger partial charge in [0.25, 0.3) is 0 Å². The molecule has 1 saturated heterocycles. The van der Waals surface area contributed by atoms with Gasteiger partial charge in [0.05, 0.1) is 6.61 Å². The number of rotatable bonds is 3. The molecular weight excluding hydrogens is 168 g/mol. The first-order valence-electron chi connectivity index (χ1n) is 5.01. The van der Waals surface area contributed by atoms with Crippen LogP contribution in [0, 0.1) is 5.92 Å². The van der Waals surface area contributed by atoms with Crippen LogP contribution in [0.4, 0.5) is 0 Å². The highest BCUT2D eigenvalue weighted by atomic mass is 16.7. The van der Waals surface area contributed by atoms with Crippen LogP contribution in [0.3, 0.4) is 0 Å². The van der Waals surface area contributed by atoms with Crippen molar-refractivity contribution in [2.75, 3.05) is 6.61 Å². The molecule has 13 heavy (non-hydrogen) atoms. The zero-order chi connectivity index (χ0) is 9.68. The number of esters is 1. The van der Waals surface area contributed by atoms with Crippen LogP contribution in [0.15, 0.2) is 0 Å². The number of carbonyl (C=O) groups is 1. The van der Waals surface area contributed by atoms with Gasteiger partial charge in [0.2, 0.25) is 6.29 Å². The van der Waals surface area contributed by atoms with E-state index in [0.29, 0.717) is 5.92 Å². The summed E-state index contributed by atoms with van der Waals surface area (Å²) in [6, 6.07) is 0. The van der Waals surface area contributed by atoms with Crippen molar-refractivity contribution in [3.63, 3.8) is 0 Å². The van der Waals surface area contributed by atoms with Gasteiger partial charge in [-0.2, -0.15) is 0 Å². The standard InChI is InChI=1S/C10H18O3/c1-3-4-9-5-6-10(12-7-9)13-8(2)11/h9-10H,3-7H2,1-2H3. The summed E-state index contributed by atoms with van der Waals surface area (Å²) < 4.78 is 10.4. The van der Waals surface area contributed by atoms with Crippen LogP contribution in [0.5, 0.6) is 0 Å². The molecule has 1 aliphatic rings. The van der Waals surface area contributed by atoms with Gasteiger partial charge in [0.15, 0.2) is 0 Å². The van der Waals surface area contributed by atoms with Crippen LogP contribution >= 0.6 is 0 Å². The Bertz CT molecular complexity index is 160. The molecule has 0 aromatic rings. The summed E-state index contributed by atoms with van der Waals surface area (Å²) in [6.45, 7) is 4.34. The molecule has 0 aromatic carbocycles. The number of hydrogen-bond acceptors (Lipinski definition) is 3. The van der Waals surface area contributed by atoms with Crippen molar-refractivity contribution >= 4 is 5.97 Å². The van der Waals surface area contributed by atoms with Crippen LogP contribution in [-0.2, 0) is 14.3 Å². The van der Waals surface area contributed by atoms with E-state index in [4.69, 9.17) is 9.47 Å². The largest absolute Gasteiger partial charge is 0.436 e. The van der Waals surface area contributed by atoms with E-state index >= 15 is 0 Å². The maximum absolute atomic E-state index is 10.6. The molecule has 0 N–H and O–H groups in total. The fourth-order valence-electron chi connectivity index (χ4n) is 1.70. The monoisotopic (exact) mass is 186 g/mol. The predicted octanol–water partition coefficient (Wildman–Crippen LogP) is 2.10. The van der Waals surface area contributed by atoms with Crippen LogP contribution in [0.2, 0.25) is 0 Å². The summed E-state index contributed by atoms with van der Waals surface area (Å²) in [4.78, 5) is 10.6. The second-order valence-corrected chi connectivity index (χ2v) is 3.60. The number of ether oxygens (including phenoxy) is 2. The minimum atomic E-state index is -0.286. The zero-order valence-electron chi connectivity index (χ0n) is 8.41. The van der Waals surface area contributed by atoms with Crippen LogP contribution in [-0.4, -0.2) is 18.9 Å². The SMILES string of the molecule is CCCC1CCC(OC(C)=O)OC1. The van der Waals surface area contributed by atoms with Gasteiger partial charge in [-0.3, -0.25) is 4.79 Å². The van der Waals surface area contributed by atoms with Crippen molar-refractivity contribution in [1.29, 1.82) is 0 Å². The van der Waals surface area contributed by atoms with E-state index in [1.165, 1.54) is 19.8 Å². The topological polar surface area (TPSA) is 35.5 Å². The Hall–Kier alpha value is -0.570. The quantitative estimate of drug-likeness (QED) is 0.633. The summed E-state index contributed by atoms with van der Waals surface area (Å²) in [5.74, 6) is 0.413. The number of carbonyl (C=O) groups excluding carboxylic acids is 1. The molecule has 3 heteroatoms. The lowest BCUT2D eigenvalue weighted by Crippen LogP contribution is -2.29. The Morgan fingerprint density at radius 1 is 1.54 bits per heavy atom. The molecule has 1 rings (SSSR count). The lowest BCUT2D eigenvalue weighted by molar-refractivity contribution is -0.190. The Morgan fingerprint density at radius 2 is 2.31 bits per heavy atom. The van der Waals surface area contributed by atoms with Gasteiger partial charge in [-0.15, -0.1) is 0 Å². The van der Waals surface area contributed by atoms with Gasteiger partial charge in [-0.25, -0.2) is 0 Å². The molecule has 0 amide bonds. The Balaban J connectivity index is 2.18. The van der Waals surface area contributed by atoms with E-state index in [2.05, 4.69) is 6.92 Å². The molecule has 0 saturated carbocycles. The van der Waals surface area contributed by atoms with E-state index in [9.17, 15) is 4.79 Å². The van der Waals surface area contributed by atoms with Crippen molar-refractivity contribution in [2.45, 2.75) is 45.8 Å². The first-order valence-corrected chi connectivity index (χ1v) is 5.01. The van der Waals surface area contributed by atoms with Crippen molar-refractivity contribution in [3.8, 4) is 0 Å². The van der Waals surface area contributed by atoms with Gasteiger partial charge in [-0.05, 0) is 18.8 Å². The van der Waals surface area contributed by atoms with Crippen molar-refractivity contribution in [1.82, 2.24) is 0 Å². The van der Waals surface area contributed by atoms with Crippen molar-refractivity contribution in [2.24, 2.45) is 5.92 Å². The molecule has 0 radical (unpaired) electrons. The zero-order valence-corrected chi connectivity index (χ0v) is 8.41. The average molecular weight is 186 g/mol. The molecule has 0 bridgehead atoms. The molecule has 0 spiro atoms. The highest BCUT2D eigenvalue weighted by Gasteiger charge is 2.22. The number of hydrogen-bond donors (Lipinski definition) is 0. The Morgan fingerprint density at radius 3 is 2.77 bits per heavy atom. The average Bonchev–Trinajstić information content (AvgIpc) is 2.08. The molecular formula is C10H18O3. The van der Waals surface area contributed by atoms with E-state index in [0.717, 1.165) is 19.4 Å². The fourth-order valence-corrected chi connectivity index (χ4v) is 1.70. The summed E-state index contributed by atoms with van der Waals surface area (Å²) >= 11 is 0. The van der Waals surface area contributed by atoms with Crippen molar-refractivity contribution < 1.29 is 14.3 Å². The van der Waals surface area contributed by atoms with Gasteiger partial charge in [0, 0.05) is 13.3 Å². The normalized spacial score (nSPS) is 28.5. The molecule has 3 nitrogen and oxygen atoms in total. The van der Waals surface area contributed by atoms with Crippen LogP contribution < -0.4 is 0 Å². The minimum absolute atomic E-state index is 0.251. The highest BCUT2D eigenvalue weighted by Crippen LogP contribution is 2.23. The van der Waals surface area contributed by atoms with Gasteiger partial charge >= 0.3 is 5.97 Å². The third-order valence-electron chi connectivity index (χ3n) is 2.32. The third-order valence-corrected chi connectivity index (χ3v) is 2.32. The summed E-state index contributed by atoms with van der Waals surface area (Å²) in [5, 5.41) is 0. The lowest BCUT2D eigenvalue weighted by atomic mass is 9.97. The maximum Gasteiger partial charge on any atom is 0.304 e. The molecule has 1 heterocycles. The summed E-state index contributed by atoms with van der Waals surface area (Å²) in [6.07, 6.45) is 4.10. The van der Waals surface area contributed by atoms with Crippen molar-refractivity contribution in [3.05, 3.63) is 0 Å². The first-order chi connectivity index (χ1) is 6.22. The van der Waals surface area contributed by atoms with Crippen LogP contribution in [0.25, 0.3) is 0 Å². The van der Waals surface area contributed by atoms with Gasteiger partial charge in [-0.1, -0.05) is 13.3 Å². The van der Waals surface area contributed by atoms with E-state index in [-0.39, 0.29) is 12.3 Å². The van der Waals surface area contributed by atoms with E-state index in [1.54, 1.807) is 0 Å². The molecule has 76 valence electrons. The highest BCUT2D eigenvalue weighted by molar-refractivity contribution is 5.66. The Labute approximate surface area is 79.4 Å². The second-order valence-electron chi connectivity index (χ2n) is 3.60. The second kappa shape index (κ2) is 5.22. The maximum atomic E-state index is 10.6. The molecule has 1 fully saturated rings. The summed E-state index contributed by atoms with van der Waals surface area (Å²) in [5.41, 5.74) is 0. The summed E-state index contributed by atoms with van der Waals surface area (Å²) in [7, 11) is 0. The van der Waals surface area contributed by atoms with Gasteiger partial charge in [0.1, 0.15) is 0 Å². The predicted molar refractivity (Wildman–Crippen MR) is 49.1 cm³/mol. The van der Waals surface area contributed by atoms with Crippen LogP contribution in [0.1, 0.15) is 39.5 Å². The Kier molecular flexibility index (Phi) is 4.22. The minimum Gasteiger partial charge on any atom is -0.436 e. The molecule has 2 atom stereocenters. The molecule has 2 unspecified atom stereocenters. The van der Waals surface area contributed by atoms with E-state index < -0.39 is 0 Å². The smallest absolute Gasteiger partial charge is 0.304 e. The molecule has 0 aliphatic carbocycles. The molecule has 1 aliphatic heterocycles. The third kappa shape index (κ3) is 3.77. The molecule has 0 aromatic heterocycles. The van der Waals surface area contributed by atoms with E-state index in [1.807, 2.05) is 0 Å².